The molecule has 1 aromatic carbocycles. The lowest BCUT2D eigenvalue weighted by Crippen LogP contribution is -2.18. The van der Waals surface area contributed by atoms with Gasteiger partial charge >= 0.3 is 6.36 Å². The second kappa shape index (κ2) is 3.60. The van der Waals surface area contributed by atoms with Crippen LogP contribution in [0.1, 0.15) is 0 Å². The Morgan fingerprint density at radius 2 is 1.92 bits per heavy atom. The van der Waals surface area contributed by atoms with Gasteiger partial charge in [0.25, 0.3) is 0 Å². The third-order valence-electron chi connectivity index (χ3n) is 1.22. The van der Waals surface area contributed by atoms with E-state index in [1.54, 1.807) is 22.6 Å². The second-order valence-electron chi connectivity index (χ2n) is 2.21. The minimum atomic E-state index is -4.67. The first-order valence-corrected chi connectivity index (χ1v) is 4.28. The Hall–Kier alpha value is -0.660. The predicted molar refractivity (Wildman–Crippen MR) is 50.3 cm³/mol. The Balaban J connectivity index is 2.96. The summed E-state index contributed by atoms with van der Waals surface area (Å²) in [5.74, 6) is -0.270. The molecule has 0 radical (unpaired) electrons. The van der Waals surface area contributed by atoms with Crippen LogP contribution in [0, 0.1) is 3.57 Å². The summed E-state index contributed by atoms with van der Waals surface area (Å²) < 4.78 is 39.3. The van der Waals surface area contributed by atoms with Crippen molar-refractivity contribution in [3.05, 3.63) is 21.8 Å². The van der Waals surface area contributed by atoms with Crippen molar-refractivity contribution < 1.29 is 17.9 Å². The van der Waals surface area contributed by atoms with E-state index in [1.807, 2.05) is 0 Å². The Morgan fingerprint density at radius 1 is 1.31 bits per heavy atom. The van der Waals surface area contributed by atoms with Crippen molar-refractivity contribution in [2.45, 2.75) is 6.36 Å². The third-order valence-corrected chi connectivity index (χ3v) is 2.37. The summed E-state index contributed by atoms with van der Waals surface area (Å²) >= 11 is 1.69. The summed E-state index contributed by atoms with van der Waals surface area (Å²) in [7, 11) is 0. The van der Waals surface area contributed by atoms with Gasteiger partial charge in [0, 0.05) is 5.69 Å². The van der Waals surface area contributed by atoms with Crippen LogP contribution < -0.4 is 10.5 Å². The van der Waals surface area contributed by atoms with Gasteiger partial charge in [0.2, 0.25) is 0 Å². The molecule has 0 aliphatic rings. The molecule has 0 aliphatic carbocycles. The maximum atomic E-state index is 11.8. The highest BCUT2D eigenvalue weighted by Gasteiger charge is 2.32. The first-order chi connectivity index (χ1) is 5.90. The van der Waals surface area contributed by atoms with Gasteiger partial charge in [0.05, 0.1) is 3.57 Å². The van der Waals surface area contributed by atoms with Crippen LogP contribution >= 0.6 is 22.6 Å². The van der Waals surface area contributed by atoms with Gasteiger partial charge in [-0.3, -0.25) is 0 Å². The number of ether oxygens (including phenoxy) is 1. The fourth-order valence-corrected chi connectivity index (χ4v) is 1.20. The van der Waals surface area contributed by atoms with Gasteiger partial charge in [-0.2, -0.15) is 0 Å². The quantitative estimate of drug-likeness (QED) is 0.639. The number of halogens is 4. The molecular weight excluding hydrogens is 298 g/mol. The molecule has 1 aromatic rings. The van der Waals surface area contributed by atoms with Gasteiger partial charge in [-0.15, -0.1) is 13.2 Å². The minimum Gasteiger partial charge on any atom is -0.405 e. The molecule has 0 saturated heterocycles. The van der Waals surface area contributed by atoms with Gasteiger partial charge in [0.1, 0.15) is 5.75 Å². The number of rotatable bonds is 1. The van der Waals surface area contributed by atoms with E-state index >= 15 is 0 Å². The number of nitrogens with two attached hydrogens (primary N) is 1. The molecule has 2 nitrogen and oxygen atoms in total. The fourth-order valence-electron chi connectivity index (χ4n) is 0.731. The Bertz CT molecular complexity index is 313. The normalized spacial score (nSPS) is 11.4. The number of alkyl halides is 3. The molecule has 1 rings (SSSR count). The Kier molecular flexibility index (Phi) is 2.89. The molecular formula is C7H5F3INO. The zero-order chi connectivity index (χ0) is 10.1. The maximum absolute atomic E-state index is 11.8. The lowest BCUT2D eigenvalue weighted by molar-refractivity contribution is -0.274. The summed E-state index contributed by atoms with van der Waals surface area (Å²) in [6, 6.07) is 4.12. The lowest BCUT2D eigenvalue weighted by atomic mass is 10.3. The monoisotopic (exact) mass is 303 g/mol. The van der Waals surface area contributed by atoms with Crippen molar-refractivity contribution in [2.24, 2.45) is 0 Å². The van der Waals surface area contributed by atoms with Crippen LogP contribution in [0.4, 0.5) is 18.9 Å². The summed E-state index contributed by atoms with van der Waals surface area (Å²) in [6.45, 7) is 0. The highest BCUT2D eigenvalue weighted by molar-refractivity contribution is 14.1. The Labute approximate surface area is 86.0 Å². The van der Waals surface area contributed by atoms with Crippen molar-refractivity contribution in [2.75, 3.05) is 5.73 Å². The van der Waals surface area contributed by atoms with Crippen LogP contribution in [0.5, 0.6) is 5.75 Å². The van der Waals surface area contributed by atoms with E-state index in [0.717, 1.165) is 0 Å². The highest BCUT2D eigenvalue weighted by atomic mass is 127. The highest BCUT2D eigenvalue weighted by Crippen LogP contribution is 2.30. The smallest absolute Gasteiger partial charge is 0.405 e. The molecule has 0 aromatic heterocycles. The van der Waals surface area contributed by atoms with Crippen molar-refractivity contribution in [1.29, 1.82) is 0 Å². The molecule has 0 aliphatic heterocycles. The largest absolute Gasteiger partial charge is 0.573 e. The van der Waals surface area contributed by atoms with E-state index < -0.39 is 6.36 Å². The topological polar surface area (TPSA) is 35.2 Å². The van der Waals surface area contributed by atoms with E-state index in [0.29, 0.717) is 0 Å². The van der Waals surface area contributed by atoms with E-state index in [4.69, 9.17) is 5.73 Å². The van der Waals surface area contributed by atoms with Crippen LogP contribution in [-0.2, 0) is 0 Å². The van der Waals surface area contributed by atoms with Crippen molar-refractivity contribution in [3.63, 3.8) is 0 Å². The van der Waals surface area contributed by atoms with Crippen LogP contribution in [0.3, 0.4) is 0 Å². The lowest BCUT2D eigenvalue weighted by Gasteiger charge is -2.10. The van der Waals surface area contributed by atoms with Crippen LogP contribution in [0.15, 0.2) is 18.2 Å². The van der Waals surface area contributed by atoms with E-state index in [1.165, 1.54) is 18.2 Å². The van der Waals surface area contributed by atoms with E-state index in [-0.39, 0.29) is 15.0 Å². The number of hydrogen-bond donors (Lipinski definition) is 1. The third kappa shape index (κ3) is 2.94. The molecule has 13 heavy (non-hydrogen) atoms. The molecule has 0 atom stereocenters. The Morgan fingerprint density at radius 3 is 2.46 bits per heavy atom. The molecule has 2 N–H and O–H groups in total. The van der Waals surface area contributed by atoms with E-state index in [2.05, 4.69) is 4.74 Å². The minimum absolute atomic E-state index is 0.262. The molecule has 0 saturated carbocycles. The number of nitrogen functional groups attached to an aromatic ring is 1. The standard InChI is InChI=1S/C7H5F3INO/c8-7(9,10)13-5-3-1-2-4(12)6(5)11/h1-3H,12H2. The second-order valence-corrected chi connectivity index (χ2v) is 3.29. The number of hydrogen-bond acceptors (Lipinski definition) is 2. The van der Waals surface area contributed by atoms with Crippen LogP contribution in [0.2, 0.25) is 0 Å². The average Bonchev–Trinajstić information content (AvgIpc) is 1.96. The summed E-state index contributed by atoms with van der Waals surface area (Å²) in [4.78, 5) is 0. The van der Waals surface area contributed by atoms with Gasteiger partial charge in [-0.25, -0.2) is 0 Å². The summed E-state index contributed by atoms with van der Waals surface area (Å²) in [5, 5.41) is 0. The molecule has 0 bridgehead atoms. The first kappa shape index (κ1) is 10.4. The van der Waals surface area contributed by atoms with Gasteiger partial charge in [0.15, 0.2) is 0 Å². The zero-order valence-corrected chi connectivity index (χ0v) is 8.39. The van der Waals surface area contributed by atoms with E-state index in [9.17, 15) is 13.2 Å². The fraction of sp³-hybridized carbons (Fsp3) is 0.143. The van der Waals surface area contributed by atoms with Crippen LogP contribution in [0.25, 0.3) is 0 Å². The predicted octanol–water partition coefficient (Wildman–Crippen LogP) is 2.77. The first-order valence-electron chi connectivity index (χ1n) is 3.20. The van der Waals surface area contributed by atoms with Gasteiger partial charge in [-0.1, -0.05) is 6.07 Å². The zero-order valence-electron chi connectivity index (χ0n) is 6.23. The molecule has 0 fully saturated rings. The number of benzene rings is 1. The van der Waals surface area contributed by atoms with Gasteiger partial charge < -0.3 is 10.5 Å². The van der Waals surface area contributed by atoms with Crippen molar-refractivity contribution >= 4 is 28.3 Å². The number of anilines is 1. The molecule has 0 heterocycles. The molecule has 0 unspecified atom stereocenters. The van der Waals surface area contributed by atoms with Crippen LogP contribution in [-0.4, -0.2) is 6.36 Å². The summed E-state index contributed by atoms with van der Waals surface area (Å²) in [6.07, 6.45) is -4.67. The molecule has 72 valence electrons. The SMILES string of the molecule is Nc1cccc(OC(F)(F)F)c1I. The molecule has 6 heteroatoms. The molecule has 0 spiro atoms. The average molecular weight is 303 g/mol. The summed E-state index contributed by atoms with van der Waals surface area (Å²) in [5.41, 5.74) is 5.65. The maximum Gasteiger partial charge on any atom is 0.573 e. The molecule has 0 amide bonds. The van der Waals surface area contributed by atoms with Crippen molar-refractivity contribution in [1.82, 2.24) is 0 Å². The van der Waals surface area contributed by atoms with Crippen molar-refractivity contribution in [3.8, 4) is 5.75 Å². The van der Waals surface area contributed by atoms with Gasteiger partial charge in [-0.05, 0) is 34.7 Å².